The van der Waals surface area contributed by atoms with Crippen LogP contribution in [0.2, 0.25) is 0 Å². The molecule has 140 valence electrons. The highest BCUT2D eigenvalue weighted by molar-refractivity contribution is 5.98. The van der Waals surface area contributed by atoms with Crippen LogP contribution in [-0.4, -0.2) is 18.5 Å². The maximum absolute atomic E-state index is 12.2. The van der Waals surface area contributed by atoms with E-state index in [-0.39, 0.29) is 12.4 Å². The number of aryl methyl sites for hydroxylation is 1. The van der Waals surface area contributed by atoms with Crippen LogP contribution in [0.5, 0.6) is 0 Å². The van der Waals surface area contributed by atoms with E-state index in [1.54, 1.807) is 13.0 Å². The highest BCUT2D eigenvalue weighted by atomic mass is 16.5. The molecule has 1 heterocycles. The molecule has 0 radical (unpaired) electrons. The van der Waals surface area contributed by atoms with Gasteiger partial charge in [0, 0.05) is 16.6 Å². The summed E-state index contributed by atoms with van der Waals surface area (Å²) in [6.45, 7) is 5.72. The predicted molar refractivity (Wildman–Crippen MR) is 105 cm³/mol. The number of esters is 1. The lowest BCUT2D eigenvalue weighted by atomic mass is 9.99. The molecule has 1 unspecified atom stereocenters. The van der Waals surface area contributed by atoms with E-state index in [2.05, 4.69) is 19.2 Å². The molecule has 1 aromatic heterocycles. The Bertz CT molecular complexity index is 956. The van der Waals surface area contributed by atoms with Crippen molar-refractivity contribution < 1.29 is 18.7 Å². The first kappa shape index (κ1) is 18.7. The molecule has 5 nitrogen and oxygen atoms in total. The Hall–Kier alpha value is -3.08. The number of carbonyl (C=O) groups excluding carboxylic acids is 2. The average molecular weight is 365 g/mol. The minimum absolute atomic E-state index is 0.127. The number of hydrogen-bond acceptors (Lipinski definition) is 4. The van der Waals surface area contributed by atoms with E-state index in [9.17, 15) is 9.59 Å². The Labute approximate surface area is 158 Å². The minimum Gasteiger partial charge on any atom is -0.450 e. The first-order chi connectivity index (χ1) is 13.0. The van der Waals surface area contributed by atoms with Crippen LogP contribution in [0, 0.1) is 6.92 Å². The Morgan fingerprint density at radius 1 is 1.11 bits per heavy atom. The van der Waals surface area contributed by atoms with E-state index in [1.807, 2.05) is 42.5 Å². The quantitative estimate of drug-likeness (QED) is 0.621. The zero-order valence-corrected chi connectivity index (χ0v) is 15.7. The molecule has 2 aromatic carbocycles. The lowest BCUT2D eigenvalue weighted by molar-refractivity contribution is -0.119. The van der Waals surface area contributed by atoms with Crippen molar-refractivity contribution >= 4 is 28.5 Å². The number of nitrogens with one attached hydrogen (secondary N) is 1. The number of hydrogen-bond donors (Lipinski definition) is 1. The Morgan fingerprint density at radius 3 is 2.48 bits per heavy atom. The van der Waals surface area contributed by atoms with Crippen LogP contribution in [0.25, 0.3) is 11.0 Å². The molecule has 0 saturated carbocycles. The van der Waals surface area contributed by atoms with Gasteiger partial charge in [-0.2, -0.15) is 0 Å². The normalized spacial score (nSPS) is 12.0. The third-order valence-electron chi connectivity index (χ3n) is 4.74. The monoisotopic (exact) mass is 365 g/mol. The van der Waals surface area contributed by atoms with Gasteiger partial charge in [0.1, 0.15) is 5.58 Å². The molecule has 27 heavy (non-hydrogen) atoms. The molecule has 3 aromatic rings. The molecule has 0 saturated heterocycles. The number of carbonyl (C=O) groups is 2. The molecule has 0 aliphatic carbocycles. The van der Waals surface area contributed by atoms with Crippen LogP contribution in [0.4, 0.5) is 5.69 Å². The molecule has 0 bridgehead atoms. The summed E-state index contributed by atoms with van der Waals surface area (Å²) in [6.07, 6.45) is 1.06. The Kier molecular flexibility index (Phi) is 5.60. The number of ether oxygens (including phenoxy) is 1. The van der Waals surface area contributed by atoms with E-state index >= 15 is 0 Å². The number of furan rings is 1. The van der Waals surface area contributed by atoms with Crippen molar-refractivity contribution in [3.05, 3.63) is 65.4 Å². The van der Waals surface area contributed by atoms with Gasteiger partial charge in [-0.3, -0.25) is 4.79 Å². The second-order valence-corrected chi connectivity index (χ2v) is 6.61. The van der Waals surface area contributed by atoms with Crippen molar-refractivity contribution in [2.75, 3.05) is 11.9 Å². The average Bonchev–Trinajstić information content (AvgIpc) is 3.03. The van der Waals surface area contributed by atoms with Crippen molar-refractivity contribution in [1.29, 1.82) is 0 Å². The lowest BCUT2D eigenvalue weighted by Crippen LogP contribution is -2.21. The molecule has 1 atom stereocenters. The summed E-state index contributed by atoms with van der Waals surface area (Å²) in [5.41, 5.74) is 3.22. The van der Waals surface area contributed by atoms with Crippen molar-refractivity contribution in [3.63, 3.8) is 0 Å². The van der Waals surface area contributed by atoms with Crippen LogP contribution in [0.3, 0.4) is 0 Å². The highest BCUT2D eigenvalue weighted by Gasteiger charge is 2.19. The molecule has 1 N–H and O–H groups in total. The third-order valence-corrected chi connectivity index (χ3v) is 4.74. The Balaban J connectivity index is 1.58. The molecule has 0 spiro atoms. The third kappa shape index (κ3) is 4.19. The summed E-state index contributed by atoms with van der Waals surface area (Å²) in [5.74, 6) is -0.441. The van der Waals surface area contributed by atoms with Crippen LogP contribution >= 0.6 is 0 Å². The van der Waals surface area contributed by atoms with Gasteiger partial charge in [-0.25, -0.2) is 4.79 Å². The van der Waals surface area contributed by atoms with Gasteiger partial charge in [0.2, 0.25) is 5.76 Å². The van der Waals surface area contributed by atoms with Gasteiger partial charge < -0.3 is 14.5 Å². The fourth-order valence-electron chi connectivity index (χ4n) is 2.89. The maximum atomic E-state index is 12.2. The van der Waals surface area contributed by atoms with Crippen molar-refractivity contribution in [3.8, 4) is 0 Å². The van der Waals surface area contributed by atoms with Crippen LogP contribution in [-0.2, 0) is 9.53 Å². The van der Waals surface area contributed by atoms with Gasteiger partial charge in [0.15, 0.2) is 6.61 Å². The van der Waals surface area contributed by atoms with E-state index in [1.165, 1.54) is 5.56 Å². The fraction of sp³-hybridized carbons (Fsp3) is 0.273. The first-order valence-electron chi connectivity index (χ1n) is 9.04. The number of anilines is 1. The molecule has 5 heteroatoms. The lowest BCUT2D eigenvalue weighted by Gasteiger charge is -2.10. The molecule has 3 rings (SSSR count). The fourth-order valence-corrected chi connectivity index (χ4v) is 2.89. The second kappa shape index (κ2) is 8.08. The smallest absolute Gasteiger partial charge is 0.375 e. The topological polar surface area (TPSA) is 68.5 Å². The predicted octanol–water partition coefficient (Wildman–Crippen LogP) is 5.05. The Morgan fingerprint density at radius 2 is 1.81 bits per heavy atom. The summed E-state index contributed by atoms with van der Waals surface area (Å²) in [6, 6.07) is 15.1. The van der Waals surface area contributed by atoms with Crippen molar-refractivity contribution in [2.24, 2.45) is 0 Å². The van der Waals surface area contributed by atoms with Gasteiger partial charge in [-0.15, -0.1) is 0 Å². The zero-order valence-electron chi connectivity index (χ0n) is 15.7. The standard InChI is InChI=1S/C22H23NO4/c1-4-14(2)16-9-11-17(12-10-16)23-20(24)13-26-22(25)21-15(3)18-7-5-6-8-19(18)27-21/h5-12,14H,4,13H2,1-3H3,(H,23,24). The first-order valence-corrected chi connectivity index (χ1v) is 9.04. The largest absolute Gasteiger partial charge is 0.450 e. The van der Waals surface area contributed by atoms with E-state index in [0.29, 0.717) is 22.8 Å². The van der Waals surface area contributed by atoms with Crippen molar-refractivity contribution in [2.45, 2.75) is 33.1 Å². The summed E-state index contributed by atoms with van der Waals surface area (Å²) in [5, 5.41) is 3.58. The highest BCUT2D eigenvalue weighted by Crippen LogP contribution is 2.25. The molecular formula is C22H23NO4. The van der Waals surface area contributed by atoms with Crippen LogP contribution < -0.4 is 5.32 Å². The summed E-state index contributed by atoms with van der Waals surface area (Å²) in [4.78, 5) is 24.3. The number of amides is 1. The van der Waals surface area contributed by atoms with Gasteiger partial charge in [0.25, 0.3) is 5.91 Å². The van der Waals surface area contributed by atoms with E-state index in [4.69, 9.17) is 9.15 Å². The molecule has 1 amide bonds. The molecule has 0 aliphatic heterocycles. The SMILES string of the molecule is CCC(C)c1ccc(NC(=O)COC(=O)c2oc3ccccc3c2C)cc1. The van der Waals surface area contributed by atoms with Crippen LogP contribution in [0.1, 0.15) is 47.9 Å². The summed E-state index contributed by atoms with van der Waals surface area (Å²) >= 11 is 0. The number of fused-ring (bicyclic) bond motifs is 1. The number of benzene rings is 2. The zero-order chi connectivity index (χ0) is 19.4. The van der Waals surface area contributed by atoms with Gasteiger partial charge in [-0.05, 0) is 43.0 Å². The van der Waals surface area contributed by atoms with Gasteiger partial charge in [-0.1, -0.05) is 44.2 Å². The number of rotatable bonds is 6. The van der Waals surface area contributed by atoms with Gasteiger partial charge in [0.05, 0.1) is 0 Å². The molecular weight excluding hydrogens is 342 g/mol. The van der Waals surface area contributed by atoms with E-state index < -0.39 is 11.9 Å². The molecule has 0 fully saturated rings. The van der Waals surface area contributed by atoms with Crippen LogP contribution in [0.15, 0.2) is 52.9 Å². The summed E-state index contributed by atoms with van der Waals surface area (Å²) < 4.78 is 10.7. The van der Waals surface area contributed by atoms with Gasteiger partial charge >= 0.3 is 5.97 Å². The maximum Gasteiger partial charge on any atom is 0.375 e. The van der Waals surface area contributed by atoms with Crippen molar-refractivity contribution in [1.82, 2.24) is 0 Å². The number of para-hydroxylation sites is 1. The minimum atomic E-state index is -0.647. The van der Waals surface area contributed by atoms with E-state index in [0.717, 1.165) is 11.8 Å². The molecule has 0 aliphatic rings. The summed E-state index contributed by atoms with van der Waals surface area (Å²) in [7, 11) is 0. The second-order valence-electron chi connectivity index (χ2n) is 6.61.